The third kappa shape index (κ3) is 3.06. The zero-order valence-electron chi connectivity index (χ0n) is 11.1. The number of hydrogen-bond donors (Lipinski definition) is 1. The van der Waals surface area contributed by atoms with Gasteiger partial charge < -0.3 is 10.6 Å². The number of aryl methyl sites for hydroxylation is 1. The molecule has 2 rings (SSSR count). The SMILES string of the molecule is CCN(c1ccc(F)cc1)c1nc(C)cc(CN)n1. The summed E-state index contributed by atoms with van der Waals surface area (Å²) in [5.74, 6) is 0.335. The van der Waals surface area contributed by atoms with Crippen LogP contribution in [-0.4, -0.2) is 16.5 Å². The Morgan fingerprint density at radius 2 is 1.89 bits per heavy atom. The van der Waals surface area contributed by atoms with E-state index < -0.39 is 0 Å². The van der Waals surface area contributed by atoms with Crippen molar-refractivity contribution in [2.75, 3.05) is 11.4 Å². The van der Waals surface area contributed by atoms with Gasteiger partial charge in [0.15, 0.2) is 0 Å². The standard InChI is InChI=1S/C14H17FN4/c1-3-19(13-6-4-11(15)5-7-13)14-17-10(2)8-12(9-16)18-14/h4-8H,3,9,16H2,1-2H3. The molecule has 0 aliphatic rings. The molecule has 0 saturated carbocycles. The molecular formula is C14H17FN4. The van der Waals surface area contributed by atoms with Crippen LogP contribution in [0.3, 0.4) is 0 Å². The summed E-state index contributed by atoms with van der Waals surface area (Å²) >= 11 is 0. The van der Waals surface area contributed by atoms with E-state index in [1.165, 1.54) is 12.1 Å². The molecule has 0 fully saturated rings. The van der Waals surface area contributed by atoms with Gasteiger partial charge in [0.05, 0.1) is 5.69 Å². The maximum atomic E-state index is 13.0. The van der Waals surface area contributed by atoms with E-state index in [4.69, 9.17) is 5.73 Å². The van der Waals surface area contributed by atoms with Gasteiger partial charge in [-0.05, 0) is 44.2 Å². The van der Waals surface area contributed by atoms with E-state index in [-0.39, 0.29) is 5.82 Å². The lowest BCUT2D eigenvalue weighted by Gasteiger charge is -2.21. The van der Waals surface area contributed by atoms with Crippen molar-refractivity contribution in [3.8, 4) is 0 Å². The Balaban J connectivity index is 2.41. The molecule has 0 atom stereocenters. The normalized spacial score (nSPS) is 10.5. The molecule has 0 aliphatic heterocycles. The topological polar surface area (TPSA) is 55.0 Å². The van der Waals surface area contributed by atoms with E-state index in [1.807, 2.05) is 24.8 Å². The Hall–Kier alpha value is -2.01. The van der Waals surface area contributed by atoms with E-state index in [9.17, 15) is 4.39 Å². The first kappa shape index (κ1) is 13.4. The van der Waals surface area contributed by atoms with Crippen molar-refractivity contribution in [1.82, 2.24) is 9.97 Å². The first-order valence-corrected chi connectivity index (χ1v) is 6.21. The van der Waals surface area contributed by atoms with Crippen LogP contribution in [0.4, 0.5) is 16.0 Å². The van der Waals surface area contributed by atoms with Crippen molar-refractivity contribution in [3.05, 3.63) is 47.5 Å². The summed E-state index contributed by atoms with van der Waals surface area (Å²) in [6, 6.07) is 8.15. The maximum absolute atomic E-state index is 13.0. The van der Waals surface area contributed by atoms with Crippen molar-refractivity contribution in [2.45, 2.75) is 20.4 Å². The average Bonchev–Trinajstić information content (AvgIpc) is 2.41. The molecule has 2 N–H and O–H groups in total. The minimum atomic E-state index is -0.257. The van der Waals surface area contributed by atoms with Crippen LogP contribution in [0.15, 0.2) is 30.3 Å². The van der Waals surface area contributed by atoms with Crippen molar-refractivity contribution in [2.24, 2.45) is 5.73 Å². The van der Waals surface area contributed by atoms with Crippen LogP contribution in [0.1, 0.15) is 18.3 Å². The number of anilines is 2. The van der Waals surface area contributed by atoms with Gasteiger partial charge in [-0.1, -0.05) is 0 Å². The second-order valence-corrected chi connectivity index (χ2v) is 4.23. The zero-order valence-corrected chi connectivity index (χ0v) is 11.1. The minimum absolute atomic E-state index is 0.257. The van der Waals surface area contributed by atoms with Crippen molar-refractivity contribution in [3.63, 3.8) is 0 Å². The van der Waals surface area contributed by atoms with Gasteiger partial charge in [0.2, 0.25) is 5.95 Å². The molecule has 0 saturated heterocycles. The minimum Gasteiger partial charge on any atom is -0.325 e. The predicted octanol–water partition coefficient (Wildman–Crippen LogP) is 2.54. The van der Waals surface area contributed by atoms with Crippen molar-refractivity contribution < 1.29 is 4.39 Å². The van der Waals surface area contributed by atoms with Crippen LogP contribution in [0, 0.1) is 12.7 Å². The fourth-order valence-corrected chi connectivity index (χ4v) is 1.90. The molecule has 19 heavy (non-hydrogen) atoms. The summed E-state index contributed by atoms with van der Waals surface area (Å²) in [4.78, 5) is 10.8. The molecule has 4 nitrogen and oxygen atoms in total. The Kier molecular flexibility index (Phi) is 4.06. The second-order valence-electron chi connectivity index (χ2n) is 4.23. The second kappa shape index (κ2) is 5.75. The number of hydrogen-bond acceptors (Lipinski definition) is 4. The number of halogens is 1. The number of rotatable bonds is 4. The molecule has 2 aromatic rings. The first-order chi connectivity index (χ1) is 9.13. The quantitative estimate of drug-likeness (QED) is 0.917. The molecule has 1 heterocycles. The zero-order chi connectivity index (χ0) is 13.8. The molecule has 1 aromatic heterocycles. The van der Waals surface area contributed by atoms with E-state index in [0.717, 1.165) is 17.1 Å². The van der Waals surface area contributed by atoms with Crippen molar-refractivity contribution >= 4 is 11.6 Å². The molecule has 0 bridgehead atoms. The Bertz CT molecular complexity index is 554. The highest BCUT2D eigenvalue weighted by atomic mass is 19.1. The van der Waals surface area contributed by atoms with Gasteiger partial charge in [0.1, 0.15) is 5.82 Å². The molecule has 0 radical (unpaired) electrons. The van der Waals surface area contributed by atoms with Gasteiger partial charge in [0, 0.05) is 24.5 Å². The van der Waals surface area contributed by atoms with E-state index in [2.05, 4.69) is 9.97 Å². The highest BCUT2D eigenvalue weighted by Crippen LogP contribution is 2.22. The Morgan fingerprint density at radius 3 is 2.47 bits per heavy atom. The number of nitrogens with zero attached hydrogens (tertiary/aromatic N) is 3. The molecular weight excluding hydrogens is 243 g/mol. The lowest BCUT2D eigenvalue weighted by atomic mass is 10.3. The average molecular weight is 260 g/mol. The summed E-state index contributed by atoms with van der Waals surface area (Å²) in [5.41, 5.74) is 8.15. The van der Waals surface area contributed by atoms with Gasteiger partial charge in [-0.25, -0.2) is 14.4 Å². The molecule has 0 aliphatic carbocycles. The smallest absolute Gasteiger partial charge is 0.230 e. The van der Waals surface area contributed by atoms with Gasteiger partial charge in [-0.3, -0.25) is 0 Å². The molecule has 0 amide bonds. The van der Waals surface area contributed by atoms with Crippen LogP contribution >= 0.6 is 0 Å². The fourth-order valence-electron chi connectivity index (χ4n) is 1.90. The van der Waals surface area contributed by atoms with Crippen LogP contribution in [0.5, 0.6) is 0 Å². The highest BCUT2D eigenvalue weighted by Gasteiger charge is 2.11. The largest absolute Gasteiger partial charge is 0.325 e. The van der Waals surface area contributed by atoms with Gasteiger partial charge in [-0.2, -0.15) is 0 Å². The summed E-state index contributed by atoms with van der Waals surface area (Å²) in [6.07, 6.45) is 0. The molecule has 100 valence electrons. The third-order valence-corrected chi connectivity index (χ3v) is 2.80. The van der Waals surface area contributed by atoms with Gasteiger partial charge in [-0.15, -0.1) is 0 Å². The van der Waals surface area contributed by atoms with E-state index in [0.29, 0.717) is 19.0 Å². The van der Waals surface area contributed by atoms with E-state index in [1.54, 1.807) is 12.1 Å². The van der Waals surface area contributed by atoms with Gasteiger partial charge in [0.25, 0.3) is 0 Å². The van der Waals surface area contributed by atoms with Crippen molar-refractivity contribution in [1.29, 1.82) is 0 Å². The number of benzene rings is 1. The lowest BCUT2D eigenvalue weighted by molar-refractivity contribution is 0.627. The third-order valence-electron chi connectivity index (χ3n) is 2.80. The predicted molar refractivity (Wildman–Crippen MR) is 73.7 cm³/mol. The summed E-state index contributed by atoms with van der Waals surface area (Å²) in [5, 5.41) is 0. The molecule has 0 spiro atoms. The Morgan fingerprint density at radius 1 is 1.21 bits per heavy atom. The fraction of sp³-hybridized carbons (Fsp3) is 0.286. The number of aromatic nitrogens is 2. The molecule has 0 unspecified atom stereocenters. The van der Waals surface area contributed by atoms with Crippen LogP contribution in [-0.2, 0) is 6.54 Å². The number of nitrogens with two attached hydrogens (primary N) is 1. The van der Waals surface area contributed by atoms with E-state index >= 15 is 0 Å². The van der Waals surface area contributed by atoms with Crippen LogP contribution in [0.2, 0.25) is 0 Å². The molecule has 1 aromatic carbocycles. The highest BCUT2D eigenvalue weighted by molar-refractivity contribution is 5.57. The monoisotopic (exact) mass is 260 g/mol. The lowest BCUT2D eigenvalue weighted by Crippen LogP contribution is -2.20. The first-order valence-electron chi connectivity index (χ1n) is 6.21. The maximum Gasteiger partial charge on any atom is 0.230 e. The summed E-state index contributed by atoms with van der Waals surface area (Å²) in [7, 11) is 0. The summed E-state index contributed by atoms with van der Waals surface area (Å²) in [6.45, 7) is 4.97. The van der Waals surface area contributed by atoms with Gasteiger partial charge >= 0.3 is 0 Å². The Labute approximate surface area is 112 Å². The summed E-state index contributed by atoms with van der Waals surface area (Å²) < 4.78 is 13.0. The van der Waals surface area contributed by atoms with Crippen LogP contribution < -0.4 is 10.6 Å². The van der Waals surface area contributed by atoms with Crippen LogP contribution in [0.25, 0.3) is 0 Å². The molecule has 5 heteroatoms.